The van der Waals surface area contributed by atoms with E-state index >= 15 is 0 Å². The topological polar surface area (TPSA) is 41.6 Å². The molecule has 0 heterocycles. The summed E-state index contributed by atoms with van der Waals surface area (Å²) in [5.74, 6) is 0.164. The third kappa shape index (κ3) is 6.64. The third-order valence-corrected chi connectivity index (χ3v) is 3.27. The highest BCUT2D eigenvalue weighted by Crippen LogP contribution is 2.17. The van der Waals surface area contributed by atoms with Crippen LogP contribution in [0.25, 0.3) is 0 Å². The van der Waals surface area contributed by atoms with Crippen LogP contribution in [-0.2, 0) is 9.53 Å². The molecule has 0 aromatic rings. The molecule has 17 heavy (non-hydrogen) atoms. The Hall–Kier alpha value is -0.610. The van der Waals surface area contributed by atoms with Gasteiger partial charge in [0.15, 0.2) is 0 Å². The van der Waals surface area contributed by atoms with Crippen LogP contribution < -0.4 is 5.32 Å². The van der Waals surface area contributed by atoms with E-state index in [1.165, 1.54) is 19.3 Å². The number of nitrogens with zero attached hydrogens (tertiary/aromatic N) is 1. The molecule has 0 saturated heterocycles. The fraction of sp³-hybridized carbons (Fsp3) is 0.923. The quantitative estimate of drug-likeness (QED) is 0.686. The van der Waals surface area contributed by atoms with Crippen molar-refractivity contribution in [3.05, 3.63) is 0 Å². The zero-order valence-electron chi connectivity index (χ0n) is 11.2. The predicted molar refractivity (Wildman–Crippen MR) is 69.0 cm³/mol. The van der Waals surface area contributed by atoms with Gasteiger partial charge in [-0.15, -0.1) is 0 Å². The van der Waals surface area contributed by atoms with Gasteiger partial charge < -0.3 is 10.1 Å². The molecule has 0 bridgehead atoms. The van der Waals surface area contributed by atoms with E-state index in [0.29, 0.717) is 12.6 Å². The lowest BCUT2D eigenvalue weighted by Gasteiger charge is -2.24. The monoisotopic (exact) mass is 242 g/mol. The molecule has 0 spiro atoms. The normalized spacial score (nSPS) is 17.4. The van der Waals surface area contributed by atoms with E-state index in [4.69, 9.17) is 4.74 Å². The fourth-order valence-corrected chi connectivity index (χ4v) is 2.32. The maximum Gasteiger partial charge on any atom is 0.234 e. The minimum atomic E-state index is 0.164. The van der Waals surface area contributed by atoms with Gasteiger partial charge in [0, 0.05) is 26.3 Å². The lowest BCUT2D eigenvalue weighted by atomic mass is 9.95. The van der Waals surface area contributed by atoms with E-state index < -0.39 is 0 Å². The Kier molecular flexibility index (Phi) is 7.21. The molecule has 4 nitrogen and oxygen atoms in total. The number of ether oxygens (including phenoxy) is 1. The maximum atomic E-state index is 11.8. The zero-order valence-corrected chi connectivity index (χ0v) is 11.2. The van der Waals surface area contributed by atoms with Gasteiger partial charge in [0.1, 0.15) is 0 Å². The second-order valence-corrected chi connectivity index (χ2v) is 4.99. The molecule has 1 N–H and O–H groups in total. The highest BCUT2D eigenvalue weighted by molar-refractivity contribution is 5.78. The molecule has 4 heteroatoms. The molecular formula is C13H26N2O2. The van der Waals surface area contributed by atoms with Crippen molar-refractivity contribution in [2.45, 2.75) is 44.6 Å². The van der Waals surface area contributed by atoms with Crippen molar-refractivity contribution in [1.82, 2.24) is 10.2 Å². The fourth-order valence-electron chi connectivity index (χ4n) is 2.32. The first kappa shape index (κ1) is 14.5. The molecule has 0 unspecified atom stereocenters. The Morgan fingerprint density at radius 3 is 2.71 bits per heavy atom. The van der Waals surface area contributed by atoms with Crippen molar-refractivity contribution in [2.24, 2.45) is 0 Å². The van der Waals surface area contributed by atoms with Crippen molar-refractivity contribution >= 4 is 5.91 Å². The third-order valence-electron chi connectivity index (χ3n) is 3.27. The number of carbonyl (C=O) groups excluding carboxylic acids is 1. The molecule has 0 aromatic carbocycles. The maximum absolute atomic E-state index is 11.8. The first-order chi connectivity index (χ1) is 8.22. The Morgan fingerprint density at radius 2 is 2.06 bits per heavy atom. The average Bonchev–Trinajstić information content (AvgIpc) is 2.30. The van der Waals surface area contributed by atoms with Crippen LogP contribution in [0.1, 0.15) is 38.5 Å². The summed E-state index contributed by atoms with van der Waals surface area (Å²) in [5.41, 5.74) is 0. The minimum Gasteiger partial charge on any atom is -0.385 e. The number of methoxy groups -OCH3 is 1. The van der Waals surface area contributed by atoms with Crippen LogP contribution in [0.15, 0.2) is 0 Å². The number of likely N-dealkylation sites (N-methyl/N-ethyl adjacent to an activating group) is 1. The molecule has 1 aliphatic carbocycles. The first-order valence-corrected chi connectivity index (χ1v) is 6.69. The van der Waals surface area contributed by atoms with Crippen LogP contribution in [0.4, 0.5) is 0 Å². The summed E-state index contributed by atoms with van der Waals surface area (Å²) in [5, 5.41) is 3.13. The van der Waals surface area contributed by atoms with Crippen molar-refractivity contribution in [2.75, 3.05) is 33.9 Å². The van der Waals surface area contributed by atoms with Gasteiger partial charge in [-0.25, -0.2) is 0 Å². The number of hydrogen-bond acceptors (Lipinski definition) is 3. The predicted octanol–water partition coefficient (Wildman–Crippen LogP) is 1.40. The van der Waals surface area contributed by atoms with Crippen LogP contribution in [0.5, 0.6) is 0 Å². The lowest BCUT2D eigenvalue weighted by Crippen LogP contribution is -2.42. The van der Waals surface area contributed by atoms with Gasteiger partial charge in [-0.05, 0) is 26.3 Å². The largest absolute Gasteiger partial charge is 0.385 e. The molecule has 0 aliphatic heterocycles. The molecule has 1 fully saturated rings. The molecule has 0 atom stereocenters. The van der Waals surface area contributed by atoms with E-state index in [2.05, 4.69) is 10.2 Å². The van der Waals surface area contributed by atoms with E-state index in [1.54, 1.807) is 7.11 Å². The van der Waals surface area contributed by atoms with Crippen LogP contribution in [0.2, 0.25) is 0 Å². The average molecular weight is 242 g/mol. The molecule has 1 aliphatic rings. The summed E-state index contributed by atoms with van der Waals surface area (Å²) in [4.78, 5) is 13.8. The van der Waals surface area contributed by atoms with Gasteiger partial charge in [0.2, 0.25) is 5.91 Å². The second kappa shape index (κ2) is 8.48. The number of rotatable bonds is 7. The molecule has 1 saturated carbocycles. The highest BCUT2D eigenvalue weighted by Gasteiger charge is 2.16. The van der Waals surface area contributed by atoms with Crippen molar-refractivity contribution in [3.8, 4) is 0 Å². The van der Waals surface area contributed by atoms with Gasteiger partial charge in [-0.2, -0.15) is 0 Å². The summed E-state index contributed by atoms with van der Waals surface area (Å²) in [6, 6.07) is 0.420. The zero-order chi connectivity index (χ0) is 12.5. The number of carbonyl (C=O) groups is 1. The van der Waals surface area contributed by atoms with E-state index in [9.17, 15) is 4.79 Å². The molecule has 0 aromatic heterocycles. The number of nitrogens with one attached hydrogen (secondary N) is 1. The van der Waals surface area contributed by atoms with Crippen molar-refractivity contribution in [3.63, 3.8) is 0 Å². The Bertz CT molecular complexity index is 215. The van der Waals surface area contributed by atoms with E-state index in [-0.39, 0.29) is 5.91 Å². The van der Waals surface area contributed by atoms with Crippen molar-refractivity contribution in [1.29, 1.82) is 0 Å². The van der Waals surface area contributed by atoms with Gasteiger partial charge >= 0.3 is 0 Å². The summed E-state index contributed by atoms with van der Waals surface area (Å²) in [6.45, 7) is 2.17. The molecular weight excluding hydrogens is 216 g/mol. The molecule has 100 valence electrons. The van der Waals surface area contributed by atoms with Crippen LogP contribution in [0.3, 0.4) is 0 Å². The Balaban J connectivity index is 2.10. The minimum absolute atomic E-state index is 0.164. The summed E-state index contributed by atoms with van der Waals surface area (Å²) < 4.78 is 4.99. The Morgan fingerprint density at radius 1 is 1.35 bits per heavy atom. The Labute approximate surface area is 105 Å². The van der Waals surface area contributed by atoms with Crippen LogP contribution in [0, 0.1) is 0 Å². The first-order valence-electron chi connectivity index (χ1n) is 6.69. The standard InChI is InChI=1S/C13H26N2O2/c1-15(9-6-10-17-2)11-13(16)14-12-7-4-3-5-8-12/h12H,3-11H2,1-2H3,(H,14,16). The van der Waals surface area contributed by atoms with Crippen LogP contribution in [-0.4, -0.2) is 50.7 Å². The summed E-state index contributed by atoms with van der Waals surface area (Å²) in [6.07, 6.45) is 7.12. The molecule has 1 rings (SSSR count). The molecule has 1 amide bonds. The smallest absolute Gasteiger partial charge is 0.234 e. The highest BCUT2D eigenvalue weighted by atomic mass is 16.5. The summed E-state index contributed by atoms with van der Waals surface area (Å²) in [7, 11) is 3.69. The van der Waals surface area contributed by atoms with Gasteiger partial charge in [0.25, 0.3) is 0 Å². The number of amides is 1. The van der Waals surface area contributed by atoms with E-state index in [0.717, 1.165) is 32.4 Å². The SMILES string of the molecule is COCCCN(C)CC(=O)NC1CCCCC1. The second-order valence-electron chi connectivity index (χ2n) is 4.99. The molecule has 0 radical (unpaired) electrons. The lowest BCUT2D eigenvalue weighted by molar-refractivity contribution is -0.122. The van der Waals surface area contributed by atoms with Gasteiger partial charge in [-0.1, -0.05) is 19.3 Å². The van der Waals surface area contributed by atoms with Gasteiger partial charge in [0.05, 0.1) is 6.54 Å². The van der Waals surface area contributed by atoms with Gasteiger partial charge in [-0.3, -0.25) is 9.69 Å². The van der Waals surface area contributed by atoms with Crippen LogP contribution >= 0.6 is 0 Å². The summed E-state index contributed by atoms with van der Waals surface area (Å²) >= 11 is 0. The van der Waals surface area contributed by atoms with E-state index in [1.807, 2.05) is 7.05 Å². The van der Waals surface area contributed by atoms with Crippen molar-refractivity contribution < 1.29 is 9.53 Å². The number of hydrogen-bond donors (Lipinski definition) is 1.